The Kier molecular flexibility index (Phi) is 2.75. The Morgan fingerprint density at radius 2 is 1.71 bits per heavy atom. The number of hydrogen-bond donors (Lipinski definition) is 1. The maximum absolute atomic E-state index is 13.5. The lowest BCUT2D eigenvalue weighted by molar-refractivity contribution is 0.469. The third-order valence-electron chi connectivity index (χ3n) is 2.34. The number of benzene rings is 2. The fourth-order valence-corrected chi connectivity index (χ4v) is 1.52. The maximum Gasteiger partial charge on any atom is 0.134 e. The van der Waals surface area contributed by atoms with Crippen molar-refractivity contribution < 1.29 is 13.9 Å². The van der Waals surface area contributed by atoms with Gasteiger partial charge in [0.05, 0.1) is 11.6 Å². The Bertz CT molecular complexity index is 617. The van der Waals surface area contributed by atoms with Crippen LogP contribution in [0.25, 0.3) is 11.1 Å². The molecule has 2 aromatic carbocycles. The summed E-state index contributed by atoms with van der Waals surface area (Å²) in [4.78, 5) is 0. The molecule has 2 nitrogen and oxygen atoms in total. The highest BCUT2D eigenvalue weighted by Crippen LogP contribution is 2.28. The van der Waals surface area contributed by atoms with E-state index >= 15 is 0 Å². The molecule has 0 amide bonds. The van der Waals surface area contributed by atoms with Gasteiger partial charge in [0.2, 0.25) is 0 Å². The summed E-state index contributed by atoms with van der Waals surface area (Å²) in [5, 5.41) is 17.8. The summed E-state index contributed by atoms with van der Waals surface area (Å²) in [5.74, 6) is -1.59. The quantitative estimate of drug-likeness (QED) is 0.818. The first-order valence-corrected chi connectivity index (χ1v) is 4.80. The highest BCUT2D eigenvalue weighted by molar-refractivity contribution is 5.67. The van der Waals surface area contributed by atoms with Crippen LogP contribution in [0.5, 0.6) is 5.75 Å². The van der Waals surface area contributed by atoms with Crippen molar-refractivity contribution in [2.24, 2.45) is 0 Å². The van der Waals surface area contributed by atoms with E-state index in [9.17, 15) is 8.78 Å². The first-order valence-electron chi connectivity index (χ1n) is 4.80. The molecule has 0 heterocycles. The molecule has 4 heteroatoms. The minimum absolute atomic E-state index is 0.00144. The third kappa shape index (κ3) is 2.08. The second kappa shape index (κ2) is 4.22. The molecule has 0 saturated carbocycles. The molecule has 0 radical (unpaired) electrons. The van der Waals surface area contributed by atoms with E-state index < -0.39 is 11.6 Å². The predicted molar refractivity (Wildman–Crippen MR) is 58.2 cm³/mol. The van der Waals surface area contributed by atoms with E-state index in [2.05, 4.69) is 0 Å². The van der Waals surface area contributed by atoms with Crippen molar-refractivity contribution in [3.05, 3.63) is 53.6 Å². The number of hydrogen-bond acceptors (Lipinski definition) is 2. The van der Waals surface area contributed by atoms with E-state index in [1.54, 1.807) is 0 Å². The lowest BCUT2D eigenvalue weighted by atomic mass is 10.0. The predicted octanol–water partition coefficient (Wildman–Crippen LogP) is 3.21. The molecule has 0 saturated heterocycles. The van der Waals surface area contributed by atoms with Crippen LogP contribution < -0.4 is 0 Å². The number of aromatic hydroxyl groups is 1. The van der Waals surface area contributed by atoms with Gasteiger partial charge in [-0.3, -0.25) is 0 Å². The SMILES string of the molecule is N#Cc1ccc(F)c(-c2ccc(O)cc2F)c1. The Balaban J connectivity index is 2.64. The molecule has 2 rings (SSSR count). The summed E-state index contributed by atoms with van der Waals surface area (Å²) in [6, 6.07) is 8.98. The standard InChI is InChI=1S/C13H7F2NO/c14-12-4-1-8(7-16)5-11(12)10-3-2-9(17)6-13(10)15/h1-6,17H. The van der Waals surface area contributed by atoms with Crippen LogP contribution in [0.2, 0.25) is 0 Å². The van der Waals surface area contributed by atoms with Gasteiger partial charge in [-0.15, -0.1) is 0 Å². The lowest BCUT2D eigenvalue weighted by Crippen LogP contribution is -1.89. The first-order chi connectivity index (χ1) is 8.11. The van der Waals surface area contributed by atoms with Crippen LogP contribution in [0.1, 0.15) is 5.56 Å². The van der Waals surface area contributed by atoms with Crippen LogP contribution >= 0.6 is 0 Å². The van der Waals surface area contributed by atoms with Gasteiger partial charge in [0.1, 0.15) is 17.4 Å². The Hall–Kier alpha value is -2.41. The summed E-state index contributed by atoms with van der Waals surface area (Å²) >= 11 is 0. The van der Waals surface area contributed by atoms with Crippen LogP contribution in [0, 0.1) is 23.0 Å². The minimum Gasteiger partial charge on any atom is -0.508 e. The van der Waals surface area contributed by atoms with Crippen molar-refractivity contribution in [1.82, 2.24) is 0 Å². The maximum atomic E-state index is 13.5. The highest BCUT2D eigenvalue weighted by Gasteiger charge is 2.11. The first kappa shape index (κ1) is 11.1. The molecule has 0 atom stereocenters. The molecule has 84 valence electrons. The summed E-state index contributed by atoms with van der Waals surface area (Å²) in [6.07, 6.45) is 0. The Morgan fingerprint density at radius 3 is 2.35 bits per heavy atom. The van der Waals surface area contributed by atoms with E-state index in [1.165, 1.54) is 24.3 Å². The monoisotopic (exact) mass is 231 g/mol. The molecular formula is C13H7F2NO. The van der Waals surface area contributed by atoms with Crippen LogP contribution in [0.15, 0.2) is 36.4 Å². The van der Waals surface area contributed by atoms with Gasteiger partial charge in [-0.1, -0.05) is 0 Å². The molecule has 0 fully saturated rings. The van der Waals surface area contributed by atoms with E-state index in [0.717, 1.165) is 12.1 Å². The van der Waals surface area contributed by atoms with Crippen molar-refractivity contribution in [3.8, 4) is 22.9 Å². The van der Waals surface area contributed by atoms with Gasteiger partial charge in [-0.25, -0.2) is 8.78 Å². The molecule has 0 aliphatic rings. The lowest BCUT2D eigenvalue weighted by Gasteiger charge is -2.05. The minimum atomic E-state index is -0.737. The molecule has 17 heavy (non-hydrogen) atoms. The average molecular weight is 231 g/mol. The Morgan fingerprint density at radius 1 is 0.941 bits per heavy atom. The fourth-order valence-electron chi connectivity index (χ4n) is 1.52. The normalized spacial score (nSPS) is 9.94. The van der Waals surface area contributed by atoms with Gasteiger partial charge >= 0.3 is 0 Å². The second-order valence-corrected chi connectivity index (χ2v) is 3.47. The summed E-state index contributed by atoms with van der Waals surface area (Å²) in [6.45, 7) is 0. The van der Waals surface area contributed by atoms with E-state index in [1.807, 2.05) is 6.07 Å². The van der Waals surface area contributed by atoms with Crippen molar-refractivity contribution in [2.75, 3.05) is 0 Å². The molecule has 0 aliphatic heterocycles. The van der Waals surface area contributed by atoms with E-state index in [0.29, 0.717) is 0 Å². The molecule has 2 aromatic rings. The summed E-state index contributed by atoms with van der Waals surface area (Å²) in [7, 11) is 0. The van der Waals surface area contributed by atoms with E-state index in [-0.39, 0.29) is 22.4 Å². The van der Waals surface area contributed by atoms with Crippen molar-refractivity contribution >= 4 is 0 Å². The van der Waals surface area contributed by atoms with Crippen molar-refractivity contribution in [2.45, 2.75) is 0 Å². The third-order valence-corrected chi connectivity index (χ3v) is 2.34. The Labute approximate surface area is 96.4 Å². The summed E-state index contributed by atoms with van der Waals surface area (Å²) < 4.78 is 27.1. The second-order valence-electron chi connectivity index (χ2n) is 3.47. The van der Waals surface area contributed by atoms with Gasteiger partial charge < -0.3 is 5.11 Å². The van der Waals surface area contributed by atoms with Gasteiger partial charge in [0.15, 0.2) is 0 Å². The molecule has 0 aliphatic carbocycles. The zero-order chi connectivity index (χ0) is 12.4. The molecule has 0 spiro atoms. The number of rotatable bonds is 1. The molecule has 1 N–H and O–H groups in total. The smallest absolute Gasteiger partial charge is 0.134 e. The van der Waals surface area contributed by atoms with Gasteiger partial charge in [-0.05, 0) is 30.3 Å². The summed E-state index contributed by atoms with van der Waals surface area (Å²) in [5.41, 5.74) is 0.257. The molecule has 0 aromatic heterocycles. The van der Waals surface area contributed by atoms with Crippen molar-refractivity contribution in [1.29, 1.82) is 5.26 Å². The molecule has 0 unspecified atom stereocenters. The number of nitriles is 1. The molecular weight excluding hydrogens is 224 g/mol. The van der Waals surface area contributed by atoms with Gasteiger partial charge in [-0.2, -0.15) is 5.26 Å². The fraction of sp³-hybridized carbons (Fsp3) is 0. The van der Waals surface area contributed by atoms with Gasteiger partial charge in [0, 0.05) is 17.2 Å². The highest BCUT2D eigenvalue weighted by atomic mass is 19.1. The number of nitrogens with zero attached hydrogens (tertiary/aromatic N) is 1. The van der Waals surface area contributed by atoms with E-state index in [4.69, 9.17) is 10.4 Å². The number of phenolic OH excluding ortho intramolecular Hbond substituents is 1. The average Bonchev–Trinajstić information content (AvgIpc) is 2.30. The molecule has 0 bridgehead atoms. The van der Waals surface area contributed by atoms with Crippen molar-refractivity contribution in [3.63, 3.8) is 0 Å². The zero-order valence-electron chi connectivity index (χ0n) is 8.61. The van der Waals surface area contributed by atoms with Gasteiger partial charge in [0.25, 0.3) is 0 Å². The topological polar surface area (TPSA) is 44.0 Å². The zero-order valence-corrected chi connectivity index (χ0v) is 8.61. The number of halogens is 2. The number of phenols is 1. The van der Waals surface area contributed by atoms with Crippen LogP contribution in [-0.4, -0.2) is 5.11 Å². The van der Waals surface area contributed by atoms with Crippen LogP contribution in [0.3, 0.4) is 0 Å². The largest absolute Gasteiger partial charge is 0.508 e. The van der Waals surface area contributed by atoms with Crippen LogP contribution in [0.4, 0.5) is 8.78 Å². The van der Waals surface area contributed by atoms with Crippen LogP contribution in [-0.2, 0) is 0 Å².